The fraction of sp³-hybridized carbons (Fsp3) is 0.400. The minimum atomic E-state index is 0.112. The Hall–Kier alpha value is -0.970. The van der Waals surface area contributed by atoms with E-state index in [2.05, 4.69) is 24.0 Å². The van der Waals surface area contributed by atoms with Gasteiger partial charge in [-0.15, -0.1) is 0 Å². The van der Waals surface area contributed by atoms with Crippen LogP contribution in [0.25, 0.3) is 0 Å². The van der Waals surface area contributed by atoms with E-state index in [0.29, 0.717) is 20.6 Å². The van der Waals surface area contributed by atoms with Crippen LogP contribution in [0, 0.1) is 0 Å². The second-order valence-corrected chi connectivity index (χ2v) is 7.53. The fourth-order valence-electron chi connectivity index (χ4n) is 3.06. The Kier molecular flexibility index (Phi) is 7.07. The van der Waals surface area contributed by atoms with Crippen molar-refractivity contribution in [1.82, 2.24) is 4.90 Å². The molecule has 3 nitrogen and oxygen atoms in total. The lowest BCUT2D eigenvalue weighted by atomic mass is 10.1. The summed E-state index contributed by atoms with van der Waals surface area (Å²) < 4.78 is 11.8. The van der Waals surface area contributed by atoms with E-state index in [1.54, 1.807) is 12.1 Å². The van der Waals surface area contributed by atoms with Crippen LogP contribution < -0.4 is 4.74 Å². The summed E-state index contributed by atoms with van der Waals surface area (Å²) in [5.41, 5.74) is 1.85. The van der Waals surface area contributed by atoms with Gasteiger partial charge in [-0.1, -0.05) is 53.9 Å². The van der Waals surface area contributed by atoms with Crippen molar-refractivity contribution in [1.29, 1.82) is 0 Å². The van der Waals surface area contributed by atoms with Crippen LogP contribution in [0.3, 0.4) is 0 Å². The van der Waals surface area contributed by atoms with Gasteiger partial charge in [-0.3, -0.25) is 4.90 Å². The predicted octanol–water partition coefficient (Wildman–Crippen LogP) is 6.01. The first-order valence-corrected chi connectivity index (χ1v) is 9.91. The van der Waals surface area contributed by atoms with Gasteiger partial charge >= 0.3 is 0 Å². The summed E-state index contributed by atoms with van der Waals surface area (Å²) >= 11 is 18.4. The number of hydrogen-bond donors (Lipinski definition) is 0. The quantitative estimate of drug-likeness (QED) is 0.540. The van der Waals surface area contributed by atoms with Crippen molar-refractivity contribution in [3.05, 3.63) is 62.6 Å². The topological polar surface area (TPSA) is 21.7 Å². The molecule has 3 rings (SSSR count). The summed E-state index contributed by atoms with van der Waals surface area (Å²) in [4.78, 5) is 2.45. The molecule has 2 aromatic rings. The van der Waals surface area contributed by atoms with Crippen molar-refractivity contribution < 1.29 is 9.47 Å². The van der Waals surface area contributed by atoms with E-state index >= 15 is 0 Å². The highest BCUT2D eigenvalue weighted by atomic mass is 35.5. The number of hydrogen-bond acceptors (Lipinski definition) is 3. The molecule has 1 heterocycles. The predicted molar refractivity (Wildman–Crippen MR) is 108 cm³/mol. The van der Waals surface area contributed by atoms with Crippen LogP contribution in [0.1, 0.15) is 30.6 Å². The molecule has 0 N–H and O–H groups in total. The van der Waals surface area contributed by atoms with Crippen LogP contribution in [-0.2, 0) is 11.3 Å². The maximum absolute atomic E-state index is 6.21. The number of nitrogens with zero attached hydrogens (tertiary/aromatic N) is 1. The molecule has 1 fully saturated rings. The largest absolute Gasteiger partial charge is 0.489 e. The number of morpholine rings is 1. The van der Waals surface area contributed by atoms with E-state index in [9.17, 15) is 0 Å². The molecule has 0 spiro atoms. The van der Waals surface area contributed by atoms with Crippen LogP contribution in [0.5, 0.6) is 5.75 Å². The highest BCUT2D eigenvalue weighted by Crippen LogP contribution is 2.32. The lowest BCUT2D eigenvalue weighted by molar-refractivity contribution is -0.0298. The summed E-state index contributed by atoms with van der Waals surface area (Å²) in [5.74, 6) is 0.752. The zero-order valence-electron chi connectivity index (χ0n) is 14.7. The van der Waals surface area contributed by atoms with Gasteiger partial charge < -0.3 is 9.47 Å². The minimum absolute atomic E-state index is 0.112. The van der Waals surface area contributed by atoms with Gasteiger partial charge in [0.15, 0.2) is 0 Å². The molecule has 6 heteroatoms. The second kappa shape index (κ2) is 9.29. The molecule has 0 amide bonds. The molecular weight excluding hydrogens is 393 g/mol. The van der Waals surface area contributed by atoms with E-state index in [4.69, 9.17) is 44.3 Å². The van der Waals surface area contributed by atoms with E-state index < -0.39 is 0 Å². The monoisotopic (exact) mass is 413 g/mol. The van der Waals surface area contributed by atoms with Crippen molar-refractivity contribution in [3.8, 4) is 5.75 Å². The zero-order valence-corrected chi connectivity index (χ0v) is 16.9. The molecule has 0 radical (unpaired) electrons. The van der Waals surface area contributed by atoms with Gasteiger partial charge in [0.05, 0.1) is 22.8 Å². The summed E-state index contributed by atoms with van der Waals surface area (Å²) in [7, 11) is 0. The minimum Gasteiger partial charge on any atom is -0.489 e. The molecule has 0 saturated carbocycles. The molecular formula is C20H22Cl3NO2. The van der Waals surface area contributed by atoms with Gasteiger partial charge in [0.1, 0.15) is 12.4 Å². The third-order valence-electron chi connectivity index (χ3n) is 4.46. The fourth-order valence-corrected chi connectivity index (χ4v) is 3.72. The van der Waals surface area contributed by atoms with Gasteiger partial charge in [-0.2, -0.15) is 0 Å². The van der Waals surface area contributed by atoms with Crippen molar-refractivity contribution in [2.75, 3.05) is 26.2 Å². The van der Waals surface area contributed by atoms with Crippen LogP contribution in [-0.4, -0.2) is 31.1 Å². The van der Waals surface area contributed by atoms with Gasteiger partial charge in [-0.05, 0) is 42.8 Å². The summed E-state index contributed by atoms with van der Waals surface area (Å²) in [6, 6.07) is 11.4. The molecule has 1 saturated heterocycles. The Labute approximate surface area is 169 Å². The van der Waals surface area contributed by atoms with Crippen molar-refractivity contribution in [3.63, 3.8) is 0 Å². The molecule has 140 valence electrons. The first-order chi connectivity index (χ1) is 12.6. The molecule has 1 aliphatic heterocycles. The van der Waals surface area contributed by atoms with Gasteiger partial charge in [0.25, 0.3) is 0 Å². The first-order valence-electron chi connectivity index (χ1n) is 8.77. The van der Waals surface area contributed by atoms with E-state index in [-0.39, 0.29) is 12.7 Å². The highest BCUT2D eigenvalue weighted by molar-refractivity contribution is 6.44. The highest BCUT2D eigenvalue weighted by Gasteiger charge is 2.21. The average molecular weight is 415 g/mol. The number of benzene rings is 2. The number of ether oxygens (including phenoxy) is 2. The summed E-state index contributed by atoms with van der Waals surface area (Å²) in [6.45, 7) is 6.29. The lowest BCUT2D eigenvalue weighted by Gasteiger charge is -2.33. The second-order valence-electron chi connectivity index (χ2n) is 6.34. The molecule has 0 bridgehead atoms. The molecule has 0 aromatic heterocycles. The van der Waals surface area contributed by atoms with Crippen LogP contribution in [0.4, 0.5) is 0 Å². The van der Waals surface area contributed by atoms with Crippen molar-refractivity contribution in [2.45, 2.75) is 26.1 Å². The maximum atomic E-state index is 6.21. The first kappa shape index (κ1) is 19.8. The number of halogens is 3. The Bertz CT molecular complexity index is 735. The van der Waals surface area contributed by atoms with E-state index in [0.717, 1.165) is 44.0 Å². The van der Waals surface area contributed by atoms with Gasteiger partial charge in [-0.25, -0.2) is 0 Å². The third-order valence-corrected chi connectivity index (χ3v) is 5.66. The van der Waals surface area contributed by atoms with Crippen LogP contribution in [0.15, 0.2) is 36.4 Å². The zero-order chi connectivity index (χ0) is 18.5. The van der Waals surface area contributed by atoms with Crippen LogP contribution >= 0.6 is 34.8 Å². The van der Waals surface area contributed by atoms with E-state index in [1.165, 1.54) is 0 Å². The molecule has 1 unspecified atom stereocenters. The lowest BCUT2D eigenvalue weighted by Crippen LogP contribution is -2.38. The molecule has 2 aromatic carbocycles. The molecule has 1 atom stereocenters. The average Bonchev–Trinajstić information content (AvgIpc) is 2.66. The molecule has 1 aliphatic rings. The molecule has 26 heavy (non-hydrogen) atoms. The SMILES string of the molecule is CCCN1CCOC(c2ccc(OCc3c(Cl)ccc(Cl)c3Cl)cc2)C1. The van der Waals surface area contributed by atoms with Crippen molar-refractivity contribution in [2.24, 2.45) is 0 Å². The Morgan fingerprint density at radius 2 is 1.81 bits per heavy atom. The van der Waals surface area contributed by atoms with Crippen molar-refractivity contribution >= 4 is 34.8 Å². The summed E-state index contributed by atoms with van der Waals surface area (Å²) in [6.07, 6.45) is 1.27. The third kappa shape index (κ3) is 4.85. The maximum Gasteiger partial charge on any atom is 0.119 e. The van der Waals surface area contributed by atoms with Gasteiger partial charge in [0, 0.05) is 23.7 Å². The Balaban J connectivity index is 1.62. The summed E-state index contributed by atoms with van der Waals surface area (Å²) in [5, 5.41) is 1.45. The molecule has 0 aliphatic carbocycles. The number of rotatable bonds is 6. The Morgan fingerprint density at radius 1 is 1.08 bits per heavy atom. The smallest absolute Gasteiger partial charge is 0.119 e. The Morgan fingerprint density at radius 3 is 2.54 bits per heavy atom. The van der Waals surface area contributed by atoms with E-state index in [1.807, 2.05) is 12.1 Å². The van der Waals surface area contributed by atoms with Gasteiger partial charge in [0.2, 0.25) is 0 Å². The van der Waals surface area contributed by atoms with Crippen LogP contribution in [0.2, 0.25) is 15.1 Å². The standard InChI is InChI=1S/C20H22Cl3NO2/c1-2-9-24-10-11-25-19(12-24)14-3-5-15(6-4-14)26-13-16-17(21)7-8-18(22)20(16)23/h3-8,19H,2,9-13H2,1H3. The normalized spacial score (nSPS) is 18.1.